The molecule has 3 nitrogen and oxygen atoms in total. The standard InChI is InChI=1S/C18H18F3NO2S/c1-12(14-7-8-14)22(11-13-5-3-2-4-6-13)25(23,24)16-10-9-15(19)17(20)18(16)21/h2-6,9-10,12,14H,7-8,11H2,1H3/t12-/m0/s1. The minimum absolute atomic E-state index is 0.0409. The van der Waals surface area contributed by atoms with Crippen LogP contribution in [0, 0.1) is 23.4 Å². The van der Waals surface area contributed by atoms with Crippen LogP contribution >= 0.6 is 0 Å². The van der Waals surface area contributed by atoms with E-state index in [1.807, 2.05) is 6.07 Å². The van der Waals surface area contributed by atoms with Gasteiger partial charge in [0.2, 0.25) is 10.0 Å². The first kappa shape index (κ1) is 17.9. The van der Waals surface area contributed by atoms with E-state index < -0.39 is 32.4 Å². The van der Waals surface area contributed by atoms with E-state index in [2.05, 4.69) is 0 Å². The van der Waals surface area contributed by atoms with Gasteiger partial charge in [0.15, 0.2) is 17.5 Å². The summed E-state index contributed by atoms with van der Waals surface area (Å²) in [6, 6.07) is 9.95. The Kier molecular flexibility index (Phi) is 4.88. The molecule has 7 heteroatoms. The molecule has 0 unspecified atom stereocenters. The van der Waals surface area contributed by atoms with Gasteiger partial charge in [-0.2, -0.15) is 4.31 Å². The van der Waals surface area contributed by atoms with Crippen LogP contribution < -0.4 is 0 Å². The van der Waals surface area contributed by atoms with Crippen LogP contribution in [0.25, 0.3) is 0 Å². The Bertz CT molecular complexity index is 867. The lowest BCUT2D eigenvalue weighted by Crippen LogP contribution is -2.39. The van der Waals surface area contributed by atoms with Gasteiger partial charge in [-0.3, -0.25) is 0 Å². The molecule has 0 spiro atoms. The molecule has 2 aromatic carbocycles. The molecule has 0 amide bonds. The lowest BCUT2D eigenvalue weighted by Gasteiger charge is -2.29. The summed E-state index contributed by atoms with van der Waals surface area (Å²) in [7, 11) is -4.32. The van der Waals surface area contributed by atoms with Crippen molar-refractivity contribution in [1.29, 1.82) is 0 Å². The van der Waals surface area contributed by atoms with Gasteiger partial charge in [-0.05, 0) is 43.4 Å². The minimum atomic E-state index is -4.32. The Labute approximate surface area is 145 Å². The highest BCUT2D eigenvalue weighted by Crippen LogP contribution is 2.38. The molecular weight excluding hydrogens is 351 g/mol. The van der Waals surface area contributed by atoms with E-state index in [-0.39, 0.29) is 18.5 Å². The molecule has 0 saturated heterocycles. The minimum Gasteiger partial charge on any atom is -0.207 e. The first-order chi connectivity index (χ1) is 11.8. The fraction of sp³-hybridized carbons (Fsp3) is 0.333. The maximum Gasteiger partial charge on any atom is 0.246 e. The zero-order valence-electron chi connectivity index (χ0n) is 13.6. The average Bonchev–Trinajstić information content (AvgIpc) is 3.42. The summed E-state index contributed by atoms with van der Waals surface area (Å²) in [6.07, 6.45) is 1.78. The molecular formula is C18H18F3NO2S. The highest BCUT2D eigenvalue weighted by atomic mass is 32.2. The second-order valence-corrected chi connectivity index (χ2v) is 8.15. The van der Waals surface area contributed by atoms with Gasteiger partial charge in [0.05, 0.1) is 0 Å². The zero-order valence-corrected chi connectivity index (χ0v) is 14.4. The Hall–Kier alpha value is -1.86. The van der Waals surface area contributed by atoms with Crippen LogP contribution in [0.4, 0.5) is 13.2 Å². The predicted molar refractivity (Wildman–Crippen MR) is 87.7 cm³/mol. The molecule has 0 aromatic heterocycles. The van der Waals surface area contributed by atoms with Gasteiger partial charge in [-0.1, -0.05) is 30.3 Å². The van der Waals surface area contributed by atoms with Crippen molar-refractivity contribution in [2.24, 2.45) is 5.92 Å². The molecule has 1 saturated carbocycles. The third-order valence-corrected chi connectivity index (χ3v) is 6.48. The molecule has 0 radical (unpaired) electrons. The lowest BCUT2D eigenvalue weighted by molar-refractivity contribution is 0.301. The molecule has 0 heterocycles. The van der Waals surface area contributed by atoms with E-state index in [1.165, 1.54) is 4.31 Å². The summed E-state index contributed by atoms with van der Waals surface area (Å²) >= 11 is 0. The van der Waals surface area contributed by atoms with Crippen molar-refractivity contribution in [3.8, 4) is 0 Å². The molecule has 134 valence electrons. The van der Waals surface area contributed by atoms with Gasteiger partial charge in [0.1, 0.15) is 4.90 Å². The zero-order chi connectivity index (χ0) is 18.2. The molecule has 1 fully saturated rings. The number of nitrogens with zero attached hydrogens (tertiary/aromatic N) is 1. The summed E-state index contributed by atoms with van der Waals surface area (Å²) in [6.45, 7) is 1.80. The number of hydrogen-bond donors (Lipinski definition) is 0. The maximum atomic E-state index is 14.1. The molecule has 0 aliphatic heterocycles. The SMILES string of the molecule is C[C@@H](C1CC1)N(Cc1ccccc1)S(=O)(=O)c1ccc(F)c(F)c1F. The highest BCUT2D eigenvalue weighted by Gasteiger charge is 2.39. The normalized spacial score (nSPS) is 16.2. The predicted octanol–water partition coefficient (Wildman–Crippen LogP) is 4.09. The molecule has 1 aliphatic rings. The van der Waals surface area contributed by atoms with E-state index in [0.717, 1.165) is 24.5 Å². The van der Waals surface area contributed by atoms with Gasteiger partial charge in [-0.25, -0.2) is 21.6 Å². The number of sulfonamides is 1. The van der Waals surface area contributed by atoms with Crippen LogP contribution in [0.15, 0.2) is 47.4 Å². The maximum absolute atomic E-state index is 14.1. The number of hydrogen-bond acceptors (Lipinski definition) is 2. The van der Waals surface area contributed by atoms with Gasteiger partial charge < -0.3 is 0 Å². The Morgan fingerprint density at radius 3 is 2.28 bits per heavy atom. The van der Waals surface area contributed by atoms with E-state index in [4.69, 9.17) is 0 Å². The molecule has 25 heavy (non-hydrogen) atoms. The number of rotatable bonds is 6. The molecule has 1 atom stereocenters. The van der Waals surface area contributed by atoms with Gasteiger partial charge >= 0.3 is 0 Å². The largest absolute Gasteiger partial charge is 0.246 e. The van der Waals surface area contributed by atoms with Crippen molar-refractivity contribution in [2.45, 2.75) is 37.2 Å². The van der Waals surface area contributed by atoms with Gasteiger partial charge in [0.25, 0.3) is 0 Å². The van der Waals surface area contributed by atoms with Crippen LogP contribution in [-0.2, 0) is 16.6 Å². The first-order valence-electron chi connectivity index (χ1n) is 8.01. The highest BCUT2D eigenvalue weighted by molar-refractivity contribution is 7.89. The van der Waals surface area contributed by atoms with Crippen molar-refractivity contribution in [2.75, 3.05) is 0 Å². The summed E-state index contributed by atoms with van der Waals surface area (Å²) in [5.41, 5.74) is 0.738. The van der Waals surface area contributed by atoms with E-state index >= 15 is 0 Å². The summed E-state index contributed by atoms with van der Waals surface area (Å²) < 4.78 is 68.0. The summed E-state index contributed by atoms with van der Waals surface area (Å²) in [5.74, 6) is -4.69. The molecule has 1 aliphatic carbocycles. The van der Waals surface area contributed by atoms with Gasteiger partial charge in [-0.15, -0.1) is 0 Å². The molecule has 2 aromatic rings. The third-order valence-electron chi connectivity index (χ3n) is 4.53. The van der Waals surface area contributed by atoms with Crippen molar-refractivity contribution >= 4 is 10.0 Å². The number of halogens is 3. The molecule has 3 rings (SSSR count). The van der Waals surface area contributed by atoms with Crippen LogP contribution in [0.5, 0.6) is 0 Å². The fourth-order valence-electron chi connectivity index (χ4n) is 2.86. The first-order valence-corrected chi connectivity index (χ1v) is 9.45. The van der Waals surface area contributed by atoms with Crippen LogP contribution in [0.2, 0.25) is 0 Å². The molecule has 0 N–H and O–H groups in total. The van der Waals surface area contributed by atoms with Crippen molar-refractivity contribution < 1.29 is 21.6 Å². The van der Waals surface area contributed by atoms with Crippen molar-refractivity contribution in [3.63, 3.8) is 0 Å². The fourth-order valence-corrected chi connectivity index (χ4v) is 4.60. The van der Waals surface area contributed by atoms with E-state index in [1.54, 1.807) is 31.2 Å². The average molecular weight is 369 g/mol. The van der Waals surface area contributed by atoms with Crippen LogP contribution in [0.1, 0.15) is 25.3 Å². The van der Waals surface area contributed by atoms with Gasteiger partial charge in [0, 0.05) is 12.6 Å². The Morgan fingerprint density at radius 2 is 1.68 bits per heavy atom. The second-order valence-electron chi connectivity index (χ2n) is 6.29. The second kappa shape index (κ2) is 6.80. The molecule has 0 bridgehead atoms. The van der Waals surface area contributed by atoms with Crippen molar-refractivity contribution in [3.05, 3.63) is 65.5 Å². The van der Waals surface area contributed by atoms with Crippen LogP contribution in [-0.4, -0.2) is 18.8 Å². The summed E-state index contributed by atoms with van der Waals surface area (Å²) in [4.78, 5) is -0.838. The van der Waals surface area contributed by atoms with E-state index in [0.29, 0.717) is 6.07 Å². The monoisotopic (exact) mass is 369 g/mol. The topological polar surface area (TPSA) is 37.4 Å². The lowest BCUT2D eigenvalue weighted by atomic mass is 10.2. The Balaban J connectivity index is 2.03. The smallest absolute Gasteiger partial charge is 0.207 e. The Morgan fingerprint density at radius 1 is 1.04 bits per heavy atom. The third kappa shape index (κ3) is 3.57. The van der Waals surface area contributed by atoms with Crippen molar-refractivity contribution in [1.82, 2.24) is 4.31 Å². The van der Waals surface area contributed by atoms with E-state index in [9.17, 15) is 21.6 Å². The number of benzene rings is 2. The van der Waals surface area contributed by atoms with Crippen LogP contribution in [0.3, 0.4) is 0 Å². The summed E-state index contributed by atoms with van der Waals surface area (Å²) in [5, 5.41) is 0. The quantitative estimate of drug-likeness (QED) is 0.719.